The maximum Gasteiger partial charge on any atom is 0.326 e. The Labute approximate surface area is 196 Å². The van der Waals surface area contributed by atoms with Gasteiger partial charge < -0.3 is 9.47 Å². The fourth-order valence-electron chi connectivity index (χ4n) is 3.38. The fraction of sp³-hybridized carbons (Fsp3) is 0.0870. The Morgan fingerprint density at radius 1 is 0.829 bits per heavy atom. The minimum absolute atomic E-state index is 0.0612. The highest BCUT2D eigenvalue weighted by Crippen LogP contribution is 2.30. The second kappa shape index (κ2) is 9.39. The Balaban J connectivity index is 1.33. The van der Waals surface area contributed by atoms with Crippen LogP contribution >= 0.6 is 0 Å². The average molecular weight is 477 g/mol. The first-order valence-corrected chi connectivity index (χ1v) is 10.0. The van der Waals surface area contributed by atoms with E-state index < -0.39 is 39.9 Å². The lowest BCUT2D eigenvalue weighted by molar-refractivity contribution is -0.385. The van der Waals surface area contributed by atoms with E-state index in [4.69, 9.17) is 9.47 Å². The number of nitro groups is 2. The Morgan fingerprint density at radius 3 is 2.06 bits per heavy atom. The highest BCUT2D eigenvalue weighted by Gasteiger charge is 2.41. The summed E-state index contributed by atoms with van der Waals surface area (Å²) in [6.45, 7) is -0.842. The van der Waals surface area contributed by atoms with Gasteiger partial charge in [-0.05, 0) is 35.9 Å². The molecule has 4 rings (SSSR count). The zero-order valence-corrected chi connectivity index (χ0v) is 17.8. The third kappa shape index (κ3) is 4.80. The van der Waals surface area contributed by atoms with E-state index in [1.54, 1.807) is 24.3 Å². The van der Waals surface area contributed by atoms with Crippen molar-refractivity contribution in [3.63, 3.8) is 0 Å². The van der Waals surface area contributed by atoms with E-state index in [-0.39, 0.29) is 23.4 Å². The molecule has 1 aliphatic heterocycles. The van der Waals surface area contributed by atoms with Gasteiger partial charge in [0.15, 0.2) is 0 Å². The van der Waals surface area contributed by atoms with Crippen molar-refractivity contribution in [3.8, 4) is 11.5 Å². The molecule has 0 spiro atoms. The van der Waals surface area contributed by atoms with Crippen molar-refractivity contribution in [1.82, 2.24) is 4.90 Å². The maximum atomic E-state index is 12.5. The average Bonchev–Trinajstić information content (AvgIpc) is 3.08. The van der Waals surface area contributed by atoms with Crippen LogP contribution in [0.2, 0.25) is 0 Å². The van der Waals surface area contributed by atoms with Crippen molar-refractivity contribution in [3.05, 3.63) is 104 Å². The van der Waals surface area contributed by atoms with Gasteiger partial charge in [-0.3, -0.25) is 39.5 Å². The van der Waals surface area contributed by atoms with Gasteiger partial charge in [0.25, 0.3) is 23.2 Å². The summed E-state index contributed by atoms with van der Waals surface area (Å²) in [5.74, 6) is -1.76. The SMILES string of the molecule is O=C(CN1C(=O)c2cccc([N+](=O)[O-])c2C1=O)OCc1ccc(Oc2ccc([N+](=O)[O-])cc2)cc1. The molecule has 0 aliphatic carbocycles. The van der Waals surface area contributed by atoms with Gasteiger partial charge in [-0.15, -0.1) is 0 Å². The lowest BCUT2D eigenvalue weighted by atomic mass is 10.1. The highest BCUT2D eigenvalue weighted by atomic mass is 16.6. The number of nitro benzene ring substituents is 2. The fourth-order valence-corrected chi connectivity index (χ4v) is 3.38. The van der Waals surface area contributed by atoms with Gasteiger partial charge in [0.1, 0.15) is 30.2 Å². The summed E-state index contributed by atoms with van der Waals surface area (Å²) in [6, 6.07) is 15.7. The van der Waals surface area contributed by atoms with Crippen molar-refractivity contribution in [2.75, 3.05) is 6.54 Å². The summed E-state index contributed by atoms with van der Waals surface area (Å²) in [4.78, 5) is 58.4. The zero-order valence-electron chi connectivity index (χ0n) is 17.8. The highest BCUT2D eigenvalue weighted by molar-refractivity contribution is 6.24. The van der Waals surface area contributed by atoms with Gasteiger partial charge in [-0.2, -0.15) is 0 Å². The second-order valence-corrected chi connectivity index (χ2v) is 7.31. The molecule has 0 fully saturated rings. The molecular formula is C23H15N3O9. The zero-order chi connectivity index (χ0) is 25.1. The van der Waals surface area contributed by atoms with Gasteiger partial charge >= 0.3 is 5.97 Å². The van der Waals surface area contributed by atoms with Gasteiger partial charge in [-0.25, -0.2) is 0 Å². The molecule has 12 nitrogen and oxygen atoms in total. The molecule has 0 N–H and O–H groups in total. The number of carbonyl (C=O) groups is 3. The van der Waals surface area contributed by atoms with E-state index in [9.17, 15) is 34.6 Å². The minimum Gasteiger partial charge on any atom is -0.459 e. The number of ether oxygens (including phenoxy) is 2. The van der Waals surface area contributed by atoms with Gasteiger partial charge in [0, 0.05) is 18.2 Å². The Bertz CT molecular complexity index is 1350. The number of non-ortho nitro benzene ring substituents is 1. The number of nitrogens with zero attached hydrogens (tertiary/aromatic N) is 3. The molecule has 3 aromatic rings. The van der Waals surface area contributed by atoms with Gasteiger partial charge in [0.05, 0.1) is 15.4 Å². The van der Waals surface area contributed by atoms with Gasteiger partial charge in [-0.1, -0.05) is 18.2 Å². The molecule has 0 aromatic heterocycles. The van der Waals surface area contributed by atoms with Crippen molar-refractivity contribution < 1.29 is 33.7 Å². The monoisotopic (exact) mass is 477 g/mol. The lowest BCUT2D eigenvalue weighted by Gasteiger charge is -2.13. The van der Waals surface area contributed by atoms with Crippen LogP contribution in [0.15, 0.2) is 66.7 Å². The topological polar surface area (TPSA) is 159 Å². The quantitative estimate of drug-likeness (QED) is 0.204. The van der Waals surface area contributed by atoms with E-state index in [1.165, 1.54) is 36.4 Å². The van der Waals surface area contributed by atoms with Crippen molar-refractivity contribution in [1.29, 1.82) is 0 Å². The van der Waals surface area contributed by atoms with Crippen molar-refractivity contribution in [2.24, 2.45) is 0 Å². The van der Waals surface area contributed by atoms with Crippen molar-refractivity contribution in [2.45, 2.75) is 6.61 Å². The summed E-state index contributed by atoms with van der Waals surface area (Å²) < 4.78 is 10.7. The predicted molar refractivity (Wildman–Crippen MR) is 118 cm³/mol. The molecule has 0 atom stereocenters. The summed E-state index contributed by atoms with van der Waals surface area (Å²) in [7, 11) is 0. The van der Waals surface area contributed by atoms with Gasteiger partial charge in [0.2, 0.25) is 0 Å². The largest absolute Gasteiger partial charge is 0.459 e. The van der Waals surface area contributed by atoms with E-state index in [2.05, 4.69) is 0 Å². The maximum absolute atomic E-state index is 12.5. The third-order valence-corrected chi connectivity index (χ3v) is 5.07. The molecular weight excluding hydrogens is 462 g/mol. The molecule has 0 saturated carbocycles. The molecule has 3 aromatic carbocycles. The molecule has 0 unspecified atom stereocenters. The van der Waals surface area contributed by atoms with Crippen LogP contribution in [0.5, 0.6) is 11.5 Å². The van der Waals surface area contributed by atoms with Crippen LogP contribution in [-0.2, 0) is 16.1 Å². The number of benzene rings is 3. The number of imide groups is 1. The number of fused-ring (bicyclic) bond motifs is 1. The van der Waals surface area contributed by atoms with Crippen LogP contribution < -0.4 is 4.74 Å². The number of amides is 2. The Hall–Kier alpha value is -5.13. The first kappa shape index (κ1) is 23.0. The number of esters is 1. The molecule has 0 saturated heterocycles. The number of rotatable bonds is 8. The molecule has 35 heavy (non-hydrogen) atoms. The number of carbonyl (C=O) groups excluding carboxylic acids is 3. The normalized spacial score (nSPS) is 12.3. The molecule has 0 radical (unpaired) electrons. The minimum atomic E-state index is -0.929. The first-order valence-electron chi connectivity index (χ1n) is 10.0. The molecule has 12 heteroatoms. The summed E-state index contributed by atoms with van der Waals surface area (Å²) in [5.41, 5.74) is -0.464. The summed E-state index contributed by atoms with van der Waals surface area (Å²) >= 11 is 0. The van der Waals surface area contributed by atoms with Crippen LogP contribution in [0.1, 0.15) is 26.3 Å². The van der Waals surface area contributed by atoms with E-state index in [1.807, 2.05) is 0 Å². The molecule has 176 valence electrons. The van der Waals surface area contributed by atoms with Crippen molar-refractivity contribution >= 4 is 29.2 Å². The summed E-state index contributed by atoms with van der Waals surface area (Å²) in [5, 5.41) is 21.9. The van der Waals surface area contributed by atoms with Crippen LogP contribution in [0.3, 0.4) is 0 Å². The standard InChI is InChI=1S/C23H15N3O9/c27-20(12-24-22(28)18-2-1-3-19(26(32)33)21(18)23(24)29)34-13-14-4-8-16(9-5-14)35-17-10-6-15(7-11-17)25(30)31/h1-11H,12-13H2. The van der Waals surface area contributed by atoms with E-state index in [0.717, 1.165) is 6.07 Å². The lowest BCUT2D eigenvalue weighted by Crippen LogP contribution is -2.35. The van der Waals surface area contributed by atoms with Crippen LogP contribution in [-0.4, -0.2) is 39.1 Å². The molecule has 0 bridgehead atoms. The van der Waals surface area contributed by atoms with Crippen LogP contribution in [0.25, 0.3) is 0 Å². The first-order chi connectivity index (χ1) is 16.7. The van der Waals surface area contributed by atoms with E-state index in [0.29, 0.717) is 22.0 Å². The Kier molecular flexibility index (Phi) is 6.18. The Morgan fingerprint density at radius 2 is 1.46 bits per heavy atom. The van der Waals surface area contributed by atoms with Crippen LogP contribution in [0.4, 0.5) is 11.4 Å². The third-order valence-electron chi connectivity index (χ3n) is 5.07. The van der Waals surface area contributed by atoms with E-state index >= 15 is 0 Å². The molecule has 2 amide bonds. The molecule has 1 aliphatic rings. The number of hydrogen-bond acceptors (Lipinski definition) is 9. The molecule has 1 heterocycles. The van der Waals surface area contributed by atoms with Crippen LogP contribution in [0, 0.1) is 20.2 Å². The summed E-state index contributed by atoms with van der Waals surface area (Å²) in [6.07, 6.45) is 0. The smallest absolute Gasteiger partial charge is 0.326 e. The predicted octanol–water partition coefficient (Wildman–Crippen LogP) is 3.63. The number of hydrogen-bond donors (Lipinski definition) is 0. The second-order valence-electron chi connectivity index (χ2n) is 7.31.